The van der Waals surface area contributed by atoms with Gasteiger partial charge in [-0.15, -0.1) is 0 Å². The Bertz CT molecular complexity index is 699. The number of benzene rings is 1. The largest absolute Gasteiger partial charge is 0.361 e. The summed E-state index contributed by atoms with van der Waals surface area (Å²) in [7, 11) is 0.536. The molecule has 2 rings (SSSR count). The van der Waals surface area contributed by atoms with Crippen LogP contribution in [0, 0.1) is 6.92 Å². The Balaban J connectivity index is 2.10. The maximum absolute atomic E-state index is 12.9. The quantitative estimate of drug-likeness (QED) is 0.732. The van der Waals surface area contributed by atoms with Crippen molar-refractivity contribution in [1.29, 1.82) is 0 Å². The van der Waals surface area contributed by atoms with Crippen LogP contribution in [0.15, 0.2) is 23.1 Å². The van der Waals surface area contributed by atoms with Crippen molar-refractivity contribution in [2.45, 2.75) is 31.1 Å². The molecule has 1 aromatic carbocycles. The van der Waals surface area contributed by atoms with Gasteiger partial charge in [0.25, 0.3) is 0 Å². The van der Waals surface area contributed by atoms with Gasteiger partial charge in [-0.1, -0.05) is 12.5 Å². The van der Waals surface area contributed by atoms with E-state index in [1.165, 1.54) is 0 Å². The summed E-state index contributed by atoms with van der Waals surface area (Å²) in [6.07, 6.45) is 2.95. The normalized spacial score (nSPS) is 16.0. The second kappa shape index (κ2) is 8.93. The first-order valence-corrected chi connectivity index (χ1v) is 10.5. The number of likely N-dealkylation sites (N-methyl/N-ethyl adjacent to an activating group) is 1. The Kier molecular flexibility index (Phi) is 7.18. The second-order valence-electron chi connectivity index (χ2n) is 6.63. The summed E-state index contributed by atoms with van der Waals surface area (Å²) >= 11 is 5.28. The molecule has 2 N–H and O–H groups in total. The van der Waals surface area contributed by atoms with Crippen molar-refractivity contribution in [3.8, 4) is 0 Å². The van der Waals surface area contributed by atoms with Gasteiger partial charge in [0.1, 0.15) is 0 Å². The van der Waals surface area contributed by atoms with E-state index in [2.05, 4.69) is 15.5 Å². The first kappa shape index (κ1) is 20.1. The van der Waals surface area contributed by atoms with Crippen LogP contribution in [0.5, 0.6) is 0 Å². The van der Waals surface area contributed by atoms with E-state index in [4.69, 9.17) is 12.2 Å². The van der Waals surface area contributed by atoms with Gasteiger partial charge in [0, 0.05) is 31.9 Å². The molecule has 0 aromatic heterocycles. The highest BCUT2D eigenvalue weighted by Gasteiger charge is 2.27. The molecule has 1 heterocycles. The van der Waals surface area contributed by atoms with Crippen LogP contribution >= 0.6 is 12.2 Å². The Morgan fingerprint density at radius 1 is 1.24 bits per heavy atom. The molecule has 0 bridgehead atoms. The van der Waals surface area contributed by atoms with E-state index in [1.54, 1.807) is 10.4 Å². The standard InChI is InChI=1S/C17H28N4O2S2/c1-14-7-8-15(19-17(24)18-9-12-20(2)3)13-16(14)25(22,23)21-10-5-4-6-11-21/h7-8,13H,4-6,9-12H2,1-3H3,(H2,18,19,24). The lowest BCUT2D eigenvalue weighted by molar-refractivity contribution is 0.346. The zero-order chi connectivity index (χ0) is 18.4. The van der Waals surface area contributed by atoms with Gasteiger partial charge in [0.15, 0.2) is 5.11 Å². The number of sulfonamides is 1. The number of hydrogen-bond donors (Lipinski definition) is 2. The van der Waals surface area contributed by atoms with Crippen molar-refractivity contribution in [2.75, 3.05) is 45.6 Å². The smallest absolute Gasteiger partial charge is 0.243 e. The summed E-state index contributed by atoms with van der Waals surface area (Å²) in [6, 6.07) is 5.35. The summed E-state index contributed by atoms with van der Waals surface area (Å²) in [5.41, 5.74) is 1.44. The molecule has 0 saturated carbocycles. The minimum Gasteiger partial charge on any atom is -0.361 e. The molecule has 0 unspecified atom stereocenters. The zero-order valence-electron chi connectivity index (χ0n) is 15.2. The molecule has 1 aromatic rings. The summed E-state index contributed by atoms with van der Waals surface area (Å²) in [4.78, 5) is 2.42. The van der Waals surface area contributed by atoms with Crippen LogP contribution in [0.4, 0.5) is 5.69 Å². The Labute approximate surface area is 156 Å². The van der Waals surface area contributed by atoms with Gasteiger partial charge < -0.3 is 15.5 Å². The molecule has 0 spiro atoms. The number of rotatable bonds is 6. The Morgan fingerprint density at radius 3 is 2.56 bits per heavy atom. The van der Waals surface area contributed by atoms with Crippen LogP contribution in [0.1, 0.15) is 24.8 Å². The van der Waals surface area contributed by atoms with Gasteiger partial charge in [0.2, 0.25) is 10.0 Å². The first-order valence-electron chi connectivity index (χ1n) is 8.61. The minimum atomic E-state index is -3.46. The van der Waals surface area contributed by atoms with Crippen LogP contribution in [-0.2, 0) is 10.0 Å². The molecule has 1 saturated heterocycles. The monoisotopic (exact) mass is 384 g/mol. The maximum Gasteiger partial charge on any atom is 0.243 e. The molecule has 0 amide bonds. The number of nitrogens with zero attached hydrogens (tertiary/aromatic N) is 2. The summed E-state index contributed by atoms with van der Waals surface area (Å²) in [5.74, 6) is 0. The molecule has 140 valence electrons. The predicted molar refractivity (Wildman–Crippen MR) is 107 cm³/mol. The van der Waals surface area contributed by atoms with E-state index in [0.717, 1.165) is 37.9 Å². The summed E-state index contributed by atoms with van der Waals surface area (Å²) < 4.78 is 27.5. The van der Waals surface area contributed by atoms with Crippen molar-refractivity contribution in [2.24, 2.45) is 0 Å². The fraction of sp³-hybridized carbons (Fsp3) is 0.588. The number of thiocarbonyl (C=S) groups is 1. The molecule has 0 atom stereocenters. The van der Waals surface area contributed by atoms with Gasteiger partial charge in [0.05, 0.1) is 4.90 Å². The van der Waals surface area contributed by atoms with Crippen molar-refractivity contribution >= 4 is 33.0 Å². The molecule has 6 nitrogen and oxygen atoms in total. The SMILES string of the molecule is Cc1ccc(NC(=S)NCCN(C)C)cc1S(=O)(=O)N1CCCCC1. The minimum absolute atomic E-state index is 0.357. The molecule has 1 fully saturated rings. The number of hydrogen-bond acceptors (Lipinski definition) is 4. The van der Waals surface area contributed by atoms with Crippen molar-refractivity contribution < 1.29 is 8.42 Å². The number of piperidine rings is 1. The lowest BCUT2D eigenvalue weighted by atomic mass is 10.2. The lowest BCUT2D eigenvalue weighted by Gasteiger charge is -2.26. The van der Waals surface area contributed by atoms with Crippen molar-refractivity contribution in [1.82, 2.24) is 14.5 Å². The molecule has 1 aliphatic heterocycles. The highest BCUT2D eigenvalue weighted by Crippen LogP contribution is 2.26. The third kappa shape index (κ3) is 5.64. The van der Waals surface area contributed by atoms with Crippen molar-refractivity contribution in [3.05, 3.63) is 23.8 Å². The van der Waals surface area contributed by atoms with E-state index in [9.17, 15) is 8.42 Å². The fourth-order valence-corrected chi connectivity index (χ4v) is 4.76. The number of nitrogens with one attached hydrogen (secondary N) is 2. The Hall–Kier alpha value is -1.22. The fourth-order valence-electron chi connectivity index (χ4n) is 2.77. The molecule has 0 aliphatic carbocycles. The van der Waals surface area contributed by atoms with Crippen molar-refractivity contribution in [3.63, 3.8) is 0 Å². The van der Waals surface area contributed by atoms with Crippen LogP contribution < -0.4 is 10.6 Å². The highest BCUT2D eigenvalue weighted by atomic mass is 32.2. The topological polar surface area (TPSA) is 64.7 Å². The summed E-state index contributed by atoms with van der Waals surface area (Å²) in [6.45, 7) is 4.62. The van der Waals surface area contributed by atoms with Crippen LogP contribution in [0.25, 0.3) is 0 Å². The van der Waals surface area contributed by atoms with E-state index in [-0.39, 0.29) is 0 Å². The average Bonchev–Trinajstić information content (AvgIpc) is 2.57. The molecular weight excluding hydrogens is 356 g/mol. The highest BCUT2D eigenvalue weighted by molar-refractivity contribution is 7.89. The molecular formula is C17H28N4O2S2. The number of aryl methyl sites for hydroxylation is 1. The van der Waals surface area contributed by atoms with Crippen LogP contribution in [0.2, 0.25) is 0 Å². The van der Waals surface area contributed by atoms with Gasteiger partial charge in [-0.3, -0.25) is 0 Å². The first-order chi connectivity index (χ1) is 11.8. The average molecular weight is 385 g/mol. The van der Waals surface area contributed by atoms with E-state index < -0.39 is 10.0 Å². The van der Waals surface area contributed by atoms with E-state index in [1.807, 2.05) is 33.2 Å². The summed E-state index contributed by atoms with van der Waals surface area (Å²) in [5, 5.41) is 6.69. The van der Waals surface area contributed by atoms with Crippen LogP contribution in [0.3, 0.4) is 0 Å². The van der Waals surface area contributed by atoms with E-state index in [0.29, 0.717) is 28.8 Å². The van der Waals surface area contributed by atoms with Gasteiger partial charge in [-0.05, 0) is 63.8 Å². The zero-order valence-corrected chi connectivity index (χ0v) is 16.8. The number of anilines is 1. The van der Waals surface area contributed by atoms with E-state index >= 15 is 0 Å². The lowest BCUT2D eigenvalue weighted by Crippen LogP contribution is -2.36. The van der Waals surface area contributed by atoms with Crippen LogP contribution in [-0.4, -0.2) is 63.0 Å². The van der Waals surface area contributed by atoms with Gasteiger partial charge >= 0.3 is 0 Å². The third-order valence-electron chi connectivity index (χ3n) is 4.22. The van der Waals surface area contributed by atoms with Gasteiger partial charge in [-0.2, -0.15) is 4.31 Å². The Morgan fingerprint density at radius 2 is 1.92 bits per heavy atom. The molecule has 1 aliphatic rings. The maximum atomic E-state index is 12.9. The molecule has 8 heteroatoms. The molecule has 25 heavy (non-hydrogen) atoms. The molecule has 0 radical (unpaired) electrons. The predicted octanol–water partition coefficient (Wildman–Crippen LogP) is 2.02. The third-order valence-corrected chi connectivity index (χ3v) is 6.51. The second-order valence-corrected chi connectivity index (χ2v) is 8.94. The van der Waals surface area contributed by atoms with Gasteiger partial charge in [-0.25, -0.2) is 8.42 Å².